The number of aryl methyl sites for hydroxylation is 1. The molecule has 12 heteroatoms. The van der Waals surface area contributed by atoms with E-state index in [1.54, 1.807) is 12.1 Å². The molecule has 0 aliphatic carbocycles. The normalized spacial score (nSPS) is 14.5. The highest BCUT2D eigenvalue weighted by Crippen LogP contribution is 2.35. The average molecular weight is 593 g/mol. The molecule has 1 saturated heterocycles. The Morgan fingerprint density at radius 3 is 2.29 bits per heavy atom. The summed E-state index contributed by atoms with van der Waals surface area (Å²) in [5.41, 5.74) is 1.57. The molecule has 3 aromatic carbocycles. The van der Waals surface area contributed by atoms with Crippen LogP contribution in [0, 0.1) is 6.92 Å². The van der Waals surface area contributed by atoms with Crippen molar-refractivity contribution in [3.63, 3.8) is 0 Å². The number of amides is 5. The van der Waals surface area contributed by atoms with E-state index in [0.29, 0.717) is 5.69 Å². The standard InChI is InChI=1S/C26H17Cl4N3O5/c1-13-4-2-3-5-21(13)31-22(34)12-38-23-19(29)9-14(10-20(23)30)8-16-24(35)32-26(37)33(25(16)36)15-6-7-17(27)18(28)11-15/h2-11H,12H2,1H3,(H,31,34)(H,32,35,37)/b16-8-. The van der Waals surface area contributed by atoms with Crippen LogP contribution in [0.25, 0.3) is 6.08 Å². The van der Waals surface area contributed by atoms with E-state index in [9.17, 15) is 19.2 Å². The summed E-state index contributed by atoms with van der Waals surface area (Å²) in [6.07, 6.45) is 1.22. The van der Waals surface area contributed by atoms with Crippen LogP contribution < -0.4 is 20.3 Å². The second-order valence-electron chi connectivity index (χ2n) is 8.02. The zero-order valence-electron chi connectivity index (χ0n) is 19.5. The van der Waals surface area contributed by atoms with Crippen LogP contribution in [0.3, 0.4) is 0 Å². The summed E-state index contributed by atoms with van der Waals surface area (Å²) >= 11 is 24.6. The Labute approximate surface area is 237 Å². The van der Waals surface area contributed by atoms with Crippen molar-refractivity contribution >= 4 is 87.6 Å². The van der Waals surface area contributed by atoms with Crippen LogP contribution in [0.5, 0.6) is 5.75 Å². The first kappa shape index (κ1) is 27.5. The maximum Gasteiger partial charge on any atom is 0.335 e. The van der Waals surface area contributed by atoms with Gasteiger partial charge in [0.25, 0.3) is 17.7 Å². The SMILES string of the molecule is Cc1ccccc1NC(=O)COc1c(Cl)cc(/C=C2/C(=O)NC(=O)N(c3ccc(Cl)c(Cl)c3)C2=O)cc1Cl. The van der Waals surface area contributed by atoms with E-state index in [4.69, 9.17) is 51.1 Å². The maximum atomic E-state index is 13.1. The van der Waals surface area contributed by atoms with Crippen molar-refractivity contribution in [2.75, 3.05) is 16.8 Å². The summed E-state index contributed by atoms with van der Waals surface area (Å²) in [7, 11) is 0. The van der Waals surface area contributed by atoms with E-state index < -0.39 is 23.8 Å². The summed E-state index contributed by atoms with van der Waals surface area (Å²) in [4.78, 5) is 51.0. The Morgan fingerprint density at radius 2 is 1.63 bits per heavy atom. The third-order valence-corrected chi connectivity index (χ3v) is 6.66. The Morgan fingerprint density at radius 1 is 0.947 bits per heavy atom. The number of carbonyl (C=O) groups excluding carboxylic acids is 4. The summed E-state index contributed by atoms with van der Waals surface area (Å²) in [6.45, 7) is 1.49. The van der Waals surface area contributed by atoms with Crippen LogP contribution in [-0.2, 0) is 14.4 Å². The van der Waals surface area contributed by atoms with Gasteiger partial charge in [-0.1, -0.05) is 64.6 Å². The van der Waals surface area contributed by atoms with Gasteiger partial charge in [-0.2, -0.15) is 0 Å². The molecule has 1 aliphatic heterocycles. The number of nitrogens with one attached hydrogen (secondary N) is 2. The maximum absolute atomic E-state index is 13.1. The highest BCUT2D eigenvalue weighted by molar-refractivity contribution is 6.43. The molecule has 5 amide bonds. The first-order chi connectivity index (χ1) is 18.0. The molecule has 38 heavy (non-hydrogen) atoms. The van der Waals surface area contributed by atoms with E-state index in [-0.39, 0.29) is 49.3 Å². The lowest BCUT2D eigenvalue weighted by Gasteiger charge is -2.26. The number of benzene rings is 3. The number of imide groups is 2. The zero-order valence-corrected chi connectivity index (χ0v) is 22.5. The van der Waals surface area contributed by atoms with Crippen molar-refractivity contribution in [3.8, 4) is 5.75 Å². The van der Waals surface area contributed by atoms with Crippen molar-refractivity contribution in [2.45, 2.75) is 6.92 Å². The van der Waals surface area contributed by atoms with Gasteiger partial charge in [0, 0.05) is 5.69 Å². The molecule has 3 aromatic rings. The van der Waals surface area contributed by atoms with Crippen LogP contribution in [0.2, 0.25) is 20.1 Å². The summed E-state index contributed by atoms with van der Waals surface area (Å²) in [5.74, 6) is -2.18. The van der Waals surface area contributed by atoms with Gasteiger partial charge in [-0.25, -0.2) is 9.69 Å². The fraction of sp³-hybridized carbons (Fsp3) is 0.0769. The Balaban J connectivity index is 1.54. The number of barbiturate groups is 1. The topological polar surface area (TPSA) is 105 Å². The third kappa shape index (κ3) is 5.95. The lowest BCUT2D eigenvalue weighted by atomic mass is 10.1. The number of halogens is 4. The molecular formula is C26H17Cl4N3O5. The van der Waals surface area contributed by atoms with Crippen LogP contribution in [0.1, 0.15) is 11.1 Å². The van der Waals surface area contributed by atoms with Gasteiger partial charge in [-0.05, 0) is 60.5 Å². The molecule has 1 fully saturated rings. The van der Waals surface area contributed by atoms with E-state index in [2.05, 4.69) is 10.6 Å². The predicted molar refractivity (Wildman–Crippen MR) is 147 cm³/mol. The number of para-hydroxylation sites is 1. The van der Waals surface area contributed by atoms with Gasteiger partial charge >= 0.3 is 6.03 Å². The summed E-state index contributed by atoms with van der Waals surface area (Å²) in [5, 5.41) is 5.26. The minimum atomic E-state index is -0.945. The van der Waals surface area contributed by atoms with Gasteiger partial charge in [-0.15, -0.1) is 0 Å². The molecule has 0 radical (unpaired) electrons. The quantitative estimate of drug-likeness (QED) is 0.258. The first-order valence-corrected chi connectivity index (χ1v) is 12.4. The molecule has 0 spiro atoms. The van der Waals surface area contributed by atoms with Crippen molar-refractivity contribution in [1.82, 2.24) is 5.32 Å². The Kier molecular flexibility index (Phi) is 8.28. The summed E-state index contributed by atoms with van der Waals surface area (Å²) in [6, 6.07) is 13.3. The molecule has 0 bridgehead atoms. The van der Waals surface area contributed by atoms with E-state index in [1.165, 1.54) is 36.4 Å². The number of rotatable bonds is 6. The van der Waals surface area contributed by atoms with Gasteiger partial charge in [0.2, 0.25) is 0 Å². The molecule has 2 N–H and O–H groups in total. The zero-order chi connectivity index (χ0) is 27.6. The monoisotopic (exact) mass is 591 g/mol. The second kappa shape index (κ2) is 11.4. The highest BCUT2D eigenvalue weighted by Gasteiger charge is 2.37. The minimum absolute atomic E-state index is 0.0362. The second-order valence-corrected chi connectivity index (χ2v) is 9.65. The van der Waals surface area contributed by atoms with Crippen LogP contribution in [-0.4, -0.2) is 30.4 Å². The first-order valence-electron chi connectivity index (χ1n) is 10.9. The molecule has 194 valence electrons. The smallest absolute Gasteiger partial charge is 0.335 e. The Bertz CT molecular complexity index is 1500. The predicted octanol–water partition coefficient (Wildman–Crippen LogP) is 6.29. The molecule has 0 aromatic heterocycles. The Hall–Kier alpha value is -3.56. The summed E-state index contributed by atoms with van der Waals surface area (Å²) < 4.78 is 5.52. The fourth-order valence-electron chi connectivity index (χ4n) is 3.52. The number of ether oxygens (including phenoxy) is 1. The van der Waals surface area contributed by atoms with Crippen LogP contribution in [0.4, 0.5) is 16.2 Å². The third-order valence-electron chi connectivity index (χ3n) is 5.36. The molecule has 4 rings (SSSR count). The van der Waals surface area contributed by atoms with Crippen LogP contribution in [0.15, 0.2) is 60.2 Å². The van der Waals surface area contributed by atoms with Gasteiger partial charge in [0.15, 0.2) is 12.4 Å². The molecule has 0 saturated carbocycles. The average Bonchev–Trinajstić information content (AvgIpc) is 2.85. The van der Waals surface area contributed by atoms with Crippen molar-refractivity contribution in [3.05, 3.63) is 91.4 Å². The largest absolute Gasteiger partial charge is 0.481 e. The van der Waals surface area contributed by atoms with Crippen molar-refractivity contribution < 1.29 is 23.9 Å². The number of anilines is 2. The number of carbonyl (C=O) groups is 4. The molecule has 8 nitrogen and oxygen atoms in total. The number of urea groups is 1. The van der Waals surface area contributed by atoms with E-state index >= 15 is 0 Å². The van der Waals surface area contributed by atoms with Crippen molar-refractivity contribution in [2.24, 2.45) is 0 Å². The van der Waals surface area contributed by atoms with Crippen molar-refractivity contribution in [1.29, 1.82) is 0 Å². The fourth-order valence-corrected chi connectivity index (χ4v) is 4.43. The molecule has 0 unspecified atom stereocenters. The van der Waals surface area contributed by atoms with Gasteiger partial charge in [0.05, 0.1) is 25.8 Å². The van der Waals surface area contributed by atoms with Gasteiger partial charge in [-0.3, -0.25) is 19.7 Å². The van der Waals surface area contributed by atoms with E-state index in [1.807, 2.05) is 19.1 Å². The highest BCUT2D eigenvalue weighted by atomic mass is 35.5. The lowest BCUT2D eigenvalue weighted by Crippen LogP contribution is -2.54. The molecule has 1 heterocycles. The van der Waals surface area contributed by atoms with E-state index in [0.717, 1.165) is 10.5 Å². The van der Waals surface area contributed by atoms with Gasteiger partial charge in [0.1, 0.15) is 5.57 Å². The number of hydrogen-bond donors (Lipinski definition) is 2. The molecular weight excluding hydrogens is 576 g/mol. The number of nitrogens with zero attached hydrogens (tertiary/aromatic N) is 1. The molecule has 1 aliphatic rings. The lowest BCUT2D eigenvalue weighted by molar-refractivity contribution is -0.122. The minimum Gasteiger partial charge on any atom is -0.481 e. The molecule has 0 atom stereocenters. The number of hydrogen-bond acceptors (Lipinski definition) is 5. The van der Waals surface area contributed by atoms with Crippen LogP contribution >= 0.6 is 46.4 Å². The van der Waals surface area contributed by atoms with Gasteiger partial charge < -0.3 is 10.1 Å².